The summed E-state index contributed by atoms with van der Waals surface area (Å²) in [5.74, 6) is 0. The normalized spacial score (nSPS) is 9.52. The molecule has 0 aliphatic rings. The van der Waals surface area contributed by atoms with Gasteiger partial charge in [-0.1, -0.05) is 48.0 Å². The summed E-state index contributed by atoms with van der Waals surface area (Å²) in [6, 6.07) is 40.6. The molecule has 0 aliphatic heterocycles. The number of rotatable bonds is 1. The molecular formula is C25H21SiZr. The Morgan fingerprint density at radius 3 is 1.41 bits per heavy atom. The van der Waals surface area contributed by atoms with Crippen LogP contribution in [0.15, 0.2) is 115 Å². The zero-order chi connectivity index (χ0) is 18.0. The van der Waals surface area contributed by atoms with Gasteiger partial charge in [0.1, 0.15) is 0 Å². The van der Waals surface area contributed by atoms with Gasteiger partial charge in [-0.15, -0.1) is 59.3 Å². The topological polar surface area (TPSA) is 0 Å². The molecule has 0 bridgehead atoms. The Labute approximate surface area is 184 Å². The van der Waals surface area contributed by atoms with Gasteiger partial charge in [-0.05, 0) is 6.04 Å². The van der Waals surface area contributed by atoms with E-state index in [-0.39, 0.29) is 26.2 Å². The van der Waals surface area contributed by atoms with Gasteiger partial charge in [-0.2, -0.15) is 35.0 Å². The molecule has 0 saturated carbocycles. The van der Waals surface area contributed by atoms with Crippen LogP contribution in [-0.2, 0) is 32.2 Å². The zero-order valence-electron chi connectivity index (χ0n) is 15.2. The molecule has 0 nitrogen and oxygen atoms in total. The molecule has 27 heavy (non-hydrogen) atoms. The predicted octanol–water partition coefficient (Wildman–Crippen LogP) is 6.47. The van der Waals surface area contributed by atoms with E-state index in [0.29, 0.717) is 0 Å². The predicted molar refractivity (Wildman–Crippen MR) is 115 cm³/mol. The maximum Gasteiger partial charge on any atom is 2.00 e. The molecule has 0 atom stereocenters. The van der Waals surface area contributed by atoms with E-state index < -0.39 is 0 Å². The molecular weight excluding hydrogens is 420 g/mol. The molecule has 0 unspecified atom stereocenters. The second kappa shape index (κ2) is 11.6. The zero-order valence-corrected chi connectivity index (χ0v) is 18.6. The second-order valence-corrected chi connectivity index (χ2v) is 6.33. The minimum Gasteiger partial charge on any atom is -0.168 e. The van der Waals surface area contributed by atoms with Crippen LogP contribution in [0.3, 0.4) is 0 Å². The molecule has 0 spiro atoms. The van der Waals surface area contributed by atoms with E-state index in [9.17, 15) is 0 Å². The molecule has 0 aliphatic carbocycles. The molecule has 5 aromatic rings. The van der Waals surface area contributed by atoms with Crippen molar-refractivity contribution in [1.82, 2.24) is 0 Å². The standard InChI is InChI=1S/2C9H7.C7H7Si.Zr/c2*1-2-5-9-7-3-6-8(9)4-1;8-6-7-4-2-1-3-5-7;/h2*1-7H;1-5H,6H2;/q2*-1;;+2. The average molecular weight is 441 g/mol. The maximum absolute atomic E-state index is 3.40. The Morgan fingerprint density at radius 1 is 0.556 bits per heavy atom. The van der Waals surface area contributed by atoms with Gasteiger partial charge in [-0.3, -0.25) is 0 Å². The van der Waals surface area contributed by atoms with E-state index in [4.69, 9.17) is 0 Å². The Hall–Kier alpha value is -2.02. The van der Waals surface area contributed by atoms with E-state index in [2.05, 4.69) is 107 Å². The van der Waals surface area contributed by atoms with Crippen LogP contribution < -0.4 is 0 Å². The van der Waals surface area contributed by atoms with Gasteiger partial charge < -0.3 is 0 Å². The fourth-order valence-corrected chi connectivity index (χ4v) is 2.97. The van der Waals surface area contributed by atoms with Crippen LogP contribution in [0.25, 0.3) is 21.5 Å². The first-order valence-electron chi connectivity index (χ1n) is 8.76. The second-order valence-electron chi connectivity index (χ2n) is 5.97. The third-order valence-electron chi connectivity index (χ3n) is 4.14. The van der Waals surface area contributed by atoms with Crippen molar-refractivity contribution in [2.24, 2.45) is 0 Å². The van der Waals surface area contributed by atoms with Gasteiger partial charge >= 0.3 is 26.2 Å². The van der Waals surface area contributed by atoms with Crippen LogP contribution in [0.4, 0.5) is 0 Å². The van der Waals surface area contributed by atoms with Crippen molar-refractivity contribution < 1.29 is 26.2 Å². The fourth-order valence-electron chi connectivity index (χ4n) is 2.74. The van der Waals surface area contributed by atoms with Crippen molar-refractivity contribution in [2.75, 3.05) is 0 Å². The molecule has 0 aromatic heterocycles. The van der Waals surface area contributed by atoms with Crippen LogP contribution in [0.2, 0.25) is 0 Å². The molecule has 0 amide bonds. The number of benzene rings is 3. The minimum atomic E-state index is 0. The van der Waals surface area contributed by atoms with Crippen molar-refractivity contribution in [3.63, 3.8) is 0 Å². The van der Waals surface area contributed by atoms with Gasteiger partial charge in [0.05, 0.1) is 0 Å². The first-order chi connectivity index (χ1) is 12.9. The third kappa shape index (κ3) is 6.57. The van der Waals surface area contributed by atoms with E-state index >= 15 is 0 Å². The SMILES string of the molecule is [Si]Cc1ccccc1.[Zr+2].c1ccc2[cH-]ccc2c1.c1ccc2[cH-]ccc2c1. The Bertz CT molecular complexity index is 901. The van der Waals surface area contributed by atoms with Crippen molar-refractivity contribution in [3.8, 4) is 0 Å². The summed E-state index contributed by atoms with van der Waals surface area (Å²) in [7, 11) is 3.40. The largest absolute Gasteiger partial charge is 2.00 e. The molecule has 0 heterocycles. The number of fused-ring (bicyclic) bond motifs is 2. The van der Waals surface area contributed by atoms with Crippen molar-refractivity contribution >= 4 is 31.8 Å². The van der Waals surface area contributed by atoms with Crippen molar-refractivity contribution in [3.05, 3.63) is 121 Å². The molecule has 5 aromatic carbocycles. The van der Waals surface area contributed by atoms with Crippen molar-refractivity contribution in [2.45, 2.75) is 6.04 Å². The van der Waals surface area contributed by atoms with E-state index in [1.165, 1.54) is 27.1 Å². The molecule has 5 rings (SSSR count). The molecule has 0 N–H and O–H groups in total. The van der Waals surface area contributed by atoms with Gasteiger partial charge in [-0.25, -0.2) is 0 Å². The summed E-state index contributed by atoms with van der Waals surface area (Å²) < 4.78 is 0. The summed E-state index contributed by atoms with van der Waals surface area (Å²) in [6.45, 7) is 0. The quantitative estimate of drug-likeness (QED) is 0.207. The molecule has 129 valence electrons. The molecule has 2 heteroatoms. The Morgan fingerprint density at radius 2 is 1.00 bits per heavy atom. The Balaban J connectivity index is 0.000000143. The average Bonchev–Trinajstić information content (AvgIpc) is 3.38. The molecule has 3 radical (unpaired) electrons. The minimum absolute atomic E-state index is 0. The van der Waals surface area contributed by atoms with Crippen LogP contribution >= 0.6 is 0 Å². The van der Waals surface area contributed by atoms with Crippen LogP contribution in [0.1, 0.15) is 5.56 Å². The van der Waals surface area contributed by atoms with Crippen LogP contribution in [0, 0.1) is 0 Å². The van der Waals surface area contributed by atoms with E-state index in [1.54, 1.807) is 0 Å². The summed E-state index contributed by atoms with van der Waals surface area (Å²) in [6.07, 6.45) is 0. The van der Waals surface area contributed by atoms with Gasteiger partial charge in [0, 0.05) is 10.2 Å². The third-order valence-corrected chi connectivity index (χ3v) is 4.55. The van der Waals surface area contributed by atoms with E-state index in [1.807, 2.05) is 18.2 Å². The number of hydrogen-bond donors (Lipinski definition) is 0. The molecule has 0 saturated heterocycles. The van der Waals surface area contributed by atoms with E-state index in [0.717, 1.165) is 6.04 Å². The van der Waals surface area contributed by atoms with Gasteiger partial charge in [0.2, 0.25) is 0 Å². The smallest absolute Gasteiger partial charge is 0.168 e. The first kappa shape index (κ1) is 21.3. The summed E-state index contributed by atoms with van der Waals surface area (Å²) >= 11 is 0. The first-order valence-corrected chi connectivity index (χ1v) is 9.47. The van der Waals surface area contributed by atoms with Gasteiger partial charge in [0.15, 0.2) is 0 Å². The summed E-state index contributed by atoms with van der Waals surface area (Å²) in [5.41, 5.74) is 1.32. The van der Waals surface area contributed by atoms with Crippen LogP contribution in [-0.4, -0.2) is 10.2 Å². The number of hydrogen-bond acceptors (Lipinski definition) is 0. The maximum atomic E-state index is 3.40. The Kier molecular flexibility index (Phi) is 9.18. The van der Waals surface area contributed by atoms with Crippen molar-refractivity contribution in [1.29, 1.82) is 0 Å². The fraction of sp³-hybridized carbons (Fsp3) is 0.0400. The summed E-state index contributed by atoms with van der Waals surface area (Å²) in [5, 5.41) is 5.32. The van der Waals surface area contributed by atoms with Gasteiger partial charge in [0.25, 0.3) is 0 Å². The monoisotopic (exact) mass is 439 g/mol. The summed E-state index contributed by atoms with van der Waals surface area (Å²) in [4.78, 5) is 0. The molecule has 0 fully saturated rings. The van der Waals surface area contributed by atoms with Crippen LogP contribution in [0.5, 0.6) is 0 Å².